The number of unbranched alkanes of at least 4 members (excludes halogenated alkanes) is 4. The molecule has 0 aliphatic carbocycles. The van der Waals surface area contributed by atoms with E-state index in [1.807, 2.05) is 38.1 Å². The lowest BCUT2D eigenvalue weighted by molar-refractivity contribution is -0.121. The first kappa shape index (κ1) is 31.1. The van der Waals surface area contributed by atoms with Crippen LogP contribution in [0.15, 0.2) is 46.6 Å². The van der Waals surface area contributed by atoms with E-state index in [0.717, 1.165) is 43.2 Å². The van der Waals surface area contributed by atoms with Gasteiger partial charge in [0.05, 0.1) is 39.9 Å². The number of nitrogens with zero attached hydrogens (tertiary/aromatic N) is 2. The van der Waals surface area contributed by atoms with Crippen LogP contribution in [-0.2, 0) is 9.59 Å². The molecule has 2 N–H and O–H groups in total. The molecular weight excluding hydrogens is 500 g/mol. The van der Waals surface area contributed by atoms with Crippen LogP contribution in [0.3, 0.4) is 0 Å². The SMILES string of the molecule is CCOc1ccc(/C=N/NC(=O)CCCCCCCC(=O)N/N=C/c2ccc(OCC)c(OC)c2)cc1OC. The van der Waals surface area contributed by atoms with Gasteiger partial charge in [-0.1, -0.05) is 19.3 Å². The lowest BCUT2D eigenvalue weighted by Gasteiger charge is -2.09. The fourth-order valence-electron chi connectivity index (χ4n) is 3.65. The van der Waals surface area contributed by atoms with E-state index in [1.54, 1.807) is 38.8 Å². The lowest BCUT2D eigenvalue weighted by Crippen LogP contribution is -2.17. The fraction of sp³-hybridized carbons (Fsp3) is 0.448. The highest BCUT2D eigenvalue weighted by molar-refractivity contribution is 5.84. The number of carbonyl (C=O) groups is 2. The van der Waals surface area contributed by atoms with Gasteiger partial charge in [0.15, 0.2) is 23.0 Å². The lowest BCUT2D eigenvalue weighted by atomic mass is 10.1. The van der Waals surface area contributed by atoms with Gasteiger partial charge in [-0.2, -0.15) is 10.2 Å². The van der Waals surface area contributed by atoms with E-state index in [2.05, 4.69) is 21.1 Å². The number of rotatable bonds is 18. The van der Waals surface area contributed by atoms with Gasteiger partial charge in [0.25, 0.3) is 0 Å². The predicted octanol–water partition coefficient (Wildman–Crippen LogP) is 4.83. The molecule has 0 spiro atoms. The Kier molecular flexibility index (Phi) is 14.5. The van der Waals surface area contributed by atoms with Crippen molar-refractivity contribution in [2.24, 2.45) is 10.2 Å². The van der Waals surface area contributed by atoms with Crippen LogP contribution in [0.1, 0.15) is 69.9 Å². The van der Waals surface area contributed by atoms with Crippen LogP contribution < -0.4 is 29.8 Å². The third kappa shape index (κ3) is 11.9. The second kappa shape index (κ2) is 18.2. The van der Waals surface area contributed by atoms with E-state index < -0.39 is 0 Å². The highest BCUT2D eigenvalue weighted by atomic mass is 16.5. The molecule has 0 unspecified atom stereocenters. The van der Waals surface area contributed by atoms with Crippen molar-refractivity contribution in [2.75, 3.05) is 27.4 Å². The van der Waals surface area contributed by atoms with Crippen molar-refractivity contribution in [3.05, 3.63) is 47.5 Å². The Morgan fingerprint density at radius 3 is 1.46 bits per heavy atom. The maximum atomic E-state index is 12.0. The second-order valence-corrected chi connectivity index (χ2v) is 8.54. The van der Waals surface area contributed by atoms with Gasteiger partial charge in [-0.15, -0.1) is 0 Å². The molecule has 10 heteroatoms. The molecule has 2 aromatic rings. The van der Waals surface area contributed by atoms with Gasteiger partial charge in [0.1, 0.15) is 0 Å². The zero-order valence-electron chi connectivity index (χ0n) is 23.3. The van der Waals surface area contributed by atoms with Crippen molar-refractivity contribution in [1.82, 2.24) is 10.9 Å². The van der Waals surface area contributed by atoms with Crippen LogP contribution in [0.2, 0.25) is 0 Å². The molecular formula is C29H40N4O6. The molecule has 0 aliphatic rings. The van der Waals surface area contributed by atoms with Gasteiger partial charge in [-0.05, 0) is 74.2 Å². The van der Waals surface area contributed by atoms with E-state index in [0.29, 0.717) is 49.1 Å². The van der Waals surface area contributed by atoms with Gasteiger partial charge in [-0.25, -0.2) is 10.9 Å². The molecule has 0 radical (unpaired) electrons. The summed E-state index contributed by atoms with van der Waals surface area (Å²) in [5.74, 6) is 2.29. The van der Waals surface area contributed by atoms with E-state index in [-0.39, 0.29) is 11.8 Å². The Bertz CT molecular complexity index is 1020. The molecule has 2 rings (SSSR count). The van der Waals surface area contributed by atoms with Gasteiger partial charge >= 0.3 is 0 Å². The first-order valence-corrected chi connectivity index (χ1v) is 13.3. The molecule has 212 valence electrons. The molecule has 2 aromatic carbocycles. The first-order chi connectivity index (χ1) is 19.0. The van der Waals surface area contributed by atoms with Crippen molar-refractivity contribution in [3.63, 3.8) is 0 Å². The number of hydrogen-bond acceptors (Lipinski definition) is 8. The van der Waals surface area contributed by atoms with Gasteiger partial charge < -0.3 is 18.9 Å². The summed E-state index contributed by atoms with van der Waals surface area (Å²) in [4.78, 5) is 24.0. The molecule has 0 fully saturated rings. The van der Waals surface area contributed by atoms with Crippen molar-refractivity contribution < 1.29 is 28.5 Å². The predicted molar refractivity (Wildman–Crippen MR) is 152 cm³/mol. The Hall–Kier alpha value is -4.08. The largest absolute Gasteiger partial charge is 0.493 e. The summed E-state index contributed by atoms with van der Waals surface area (Å²) < 4.78 is 21.6. The maximum absolute atomic E-state index is 12.0. The van der Waals surface area contributed by atoms with E-state index in [4.69, 9.17) is 18.9 Å². The Labute approximate surface area is 230 Å². The molecule has 0 aliphatic heterocycles. The Morgan fingerprint density at radius 2 is 1.08 bits per heavy atom. The molecule has 0 heterocycles. The Morgan fingerprint density at radius 1 is 0.667 bits per heavy atom. The third-order valence-corrected chi connectivity index (χ3v) is 5.59. The summed E-state index contributed by atoms with van der Waals surface area (Å²) in [6.45, 7) is 4.91. The minimum absolute atomic E-state index is 0.133. The number of ether oxygens (including phenoxy) is 4. The molecule has 0 atom stereocenters. The summed E-state index contributed by atoms with van der Waals surface area (Å²) >= 11 is 0. The minimum atomic E-state index is -0.133. The number of hydrogen-bond donors (Lipinski definition) is 2. The topological polar surface area (TPSA) is 120 Å². The highest BCUT2D eigenvalue weighted by Crippen LogP contribution is 2.28. The summed E-state index contributed by atoms with van der Waals surface area (Å²) in [6.07, 6.45) is 8.23. The average molecular weight is 541 g/mol. The number of methoxy groups -OCH3 is 2. The number of nitrogens with one attached hydrogen (secondary N) is 2. The van der Waals surface area contributed by atoms with Crippen LogP contribution >= 0.6 is 0 Å². The van der Waals surface area contributed by atoms with E-state index in [9.17, 15) is 9.59 Å². The van der Waals surface area contributed by atoms with Crippen LogP contribution in [0.5, 0.6) is 23.0 Å². The minimum Gasteiger partial charge on any atom is -0.493 e. The molecule has 0 bridgehead atoms. The van der Waals surface area contributed by atoms with Crippen molar-refractivity contribution in [1.29, 1.82) is 0 Å². The molecule has 39 heavy (non-hydrogen) atoms. The fourth-order valence-corrected chi connectivity index (χ4v) is 3.65. The average Bonchev–Trinajstić information content (AvgIpc) is 2.94. The summed E-state index contributed by atoms with van der Waals surface area (Å²) in [5, 5.41) is 8.03. The molecule has 10 nitrogen and oxygen atoms in total. The van der Waals surface area contributed by atoms with Crippen LogP contribution in [-0.4, -0.2) is 51.7 Å². The number of benzene rings is 2. The van der Waals surface area contributed by atoms with Crippen LogP contribution in [0.4, 0.5) is 0 Å². The first-order valence-electron chi connectivity index (χ1n) is 13.3. The van der Waals surface area contributed by atoms with Crippen molar-refractivity contribution in [3.8, 4) is 23.0 Å². The van der Waals surface area contributed by atoms with Gasteiger partial charge in [-0.3, -0.25) is 9.59 Å². The summed E-state index contributed by atoms with van der Waals surface area (Å²) in [5.41, 5.74) is 6.69. The molecule has 0 aromatic heterocycles. The number of carbonyl (C=O) groups excluding carboxylic acids is 2. The zero-order valence-corrected chi connectivity index (χ0v) is 23.3. The van der Waals surface area contributed by atoms with Crippen LogP contribution in [0.25, 0.3) is 0 Å². The monoisotopic (exact) mass is 540 g/mol. The quantitative estimate of drug-likeness (QED) is 0.159. The molecule has 2 amide bonds. The molecule has 0 saturated heterocycles. The van der Waals surface area contributed by atoms with Gasteiger partial charge in [0, 0.05) is 12.8 Å². The summed E-state index contributed by atoms with van der Waals surface area (Å²) in [7, 11) is 3.15. The Balaban J connectivity index is 1.56. The normalized spacial score (nSPS) is 11.0. The van der Waals surface area contributed by atoms with Crippen LogP contribution in [0, 0.1) is 0 Å². The van der Waals surface area contributed by atoms with Crippen molar-refractivity contribution in [2.45, 2.75) is 58.8 Å². The number of hydrazone groups is 2. The maximum Gasteiger partial charge on any atom is 0.240 e. The number of amides is 2. The zero-order chi connectivity index (χ0) is 28.3. The van der Waals surface area contributed by atoms with Gasteiger partial charge in [0.2, 0.25) is 11.8 Å². The standard InChI is InChI=1S/C29H40N4O6/c1-5-38-24-16-14-22(18-26(24)36-3)20-30-32-28(34)12-10-8-7-9-11-13-29(35)33-31-21-23-15-17-25(39-6-2)27(19-23)37-4/h14-21H,5-13H2,1-4H3,(H,32,34)(H,33,35)/b30-20+,31-21+. The third-order valence-electron chi connectivity index (χ3n) is 5.59. The van der Waals surface area contributed by atoms with Crippen molar-refractivity contribution >= 4 is 24.2 Å². The second-order valence-electron chi connectivity index (χ2n) is 8.54. The van der Waals surface area contributed by atoms with E-state index >= 15 is 0 Å². The molecule has 0 saturated carbocycles. The smallest absolute Gasteiger partial charge is 0.240 e. The van der Waals surface area contributed by atoms with E-state index in [1.165, 1.54) is 0 Å². The summed E-state index contributed by atoms with van der Waals surface area (Å²) in [6, 6.07) is 10.9. The highest BCUT2D eigenvalue weighted by Gasteiger charge is 2.06.